The van der Waals surface area contributed by atoms with Gasteiger partial charge in [0, 0.05) is 17.1 Å². The molecule has 1 amide bonds. The fourth-order valence-electron chi connectivity index (χ4n) is 4.16. The van der Waals surface area contributed by atoms with E-state index in [4.69, 9.17) is 9.47 Å². The van der Waals surface area contributed by atoms with Crippen LogP contribution in [0.25, 0.3) is 5.76 Å². The second-order valence-electron chi connectivity index (χ2n) is 8.54. The number of aliphatic hydroxyl groups is 1. The molecule has 3 aromatic rings. The first-order valence-electron chi connectivity index (χ1n) is 12.1. The molecule has 1 fully saturated rings. The van der Waals surface area contributed by atoms with Crippen molar-refractivity contribution >= 4 is 33.9 Å². The second-order valence-corrected chi connectivity index (χ2v) is 9.42. The number of thiazole rings is 1. The Morgan fingerprint density at radius 2 is 1.83 bits per heavy atom. The van der Waals surface area contributed by atoms with E-state index in [1.54, 1.807) is 41.9 Å². The molecule has 1 aromatic heterocycles. The number of hydrogen-bond donors (Lipinski definition) is 1. The van der Waals surface area contributed by atoms with Crippen molar-refractivity contribution in [3.05, 3.63) is 76.3 Å². The fourth-order valence-corrected chi connectivity index (χ4v) is 4.83. The SMILES string of the molecule is CCCCCOc1ccc(C2/C(=C(\O)c3ccc(C)cc3)C(=O)C(=O)N2c2nccs2)cc1OCC. The topological polar surface area (TPSA) is 89.0 Å². The summed E-state index contributed by atoms with van der Waals surface area (Å²) >= 11 is 1.25. The molecular weight excluding hydrogens is 476 g/mol. The number of Topliss-reactive ketones (excluding diaryl/α,β-unsaturated/α-hetero) is 1. The van der Waals surface area contributed by atoms with Gasteiger partial charge in [0.15, 0.2) is 16.6 Å². The highest BCUT2D eigenvalue weighted by molar-refractivity contribution is 7.14. The monoisotopic (exact) mass is 506 g/mol. The van der Waals surface area contributed by atoms with E-state index < -0.39 is 17.7 Å². The van der Waals surface area contributed by atoms with Crippen molar-refractivity contribution in [2.24, 2.45) is 0 Å². The molecular formula is C28H30N2O5S. The van der Waals surface area contributed by atoms with E-state index in [1.807, 2.05) is 26.0 Å². The molecule has 36 heavy (non-hydrogen) atoms. The number of hydrogen-bond acceptors (Lipinski definition) is 7. The molecule has 2 heterocycles. The Morgan fingerprint density at radius 3 is 2.50 bits per heavy atom. The van der Waals surface area contributed by atoms with Gasteiger partial charge in [-0.1, -0.05) is 55.7 Å². The van der Waals surface area contributed by atoms with Crippen molar-refractivity contribution in [3.8, 4) is 11.5 Å². The van der Waals surface area contributed by atoms with Gasteiger partial charge < -0.3 is 14.6 Å². The standard InChI is InChI=1S/C28H30N2O5S/c1-4-6-7-15-35-21-13-12-20(17-22(21)34-5-2)24-23(25(31)19-10-8-18(3)9-11-19)26(32)27(33)30(24)28-29-14-16-36-28/h8-14,16-17,24,31H,4-7,15H2,1-3H3/b25-23+. The Kier molecular flexibility index (Phi) is 8.05. The van der Waals surface area contributed by atoms with Gasteiger partial charge in [-0.3, -0.25) is 14.5 Å². The Balaban J connectivity index is 1.82. The normalized spacial score (nSPS) is 17.0. The number of anilines is 1. The summed E-state index contributed by atoms with van der Waals surface area (Å²) in [6, 6.07) is 11.7. The molecule has 2 aromatic carbocycles. The number of aliphatic hydroxyl groups excluding tert-OH is 1. The maximum atomic E-state index is 13.3. The molecule has 1 aliphatic rings. The zero-order chi connectivity index (χ0) is 25.7. The molecule has 0 spiro atoms. The molecule has 4 rings (SSSR count). The molecule has 1 saturated heterocycles. The molecule has 0 saturated carbocycles. The zero-order valence-corrected chi connectivity index (χ0v) is 21.5. The van der Waals surface area contributed by atoms with Crippen molar-refractivity contribution in [1.82, 2.24) is 4.98 Å². The lowest BCUT2D eigenvalue weighted by molar-refractivity contribution is -0.132. The Morgan fingerprint density at radius 1 is 1.06 bits per heavy atom. The highest BCUT2D eigenvalue weighted by atomic mass is 32.1. The molecule has 1 atom stereocenters. The van der Waals surface area contributed by atoms with Crippen LogP contribution in [0.1, 0.15) is 55.8 Å². The zero-order valence-electron chi connectivity index (χ0n) is 20.7. The Hall–Kier alpha value is -3.65. The highest BCUT2D eigenvalue weighted by Gasteiger charge is 2.48. The molecule has 188 valence electrons. The van der Waals surface area contributed by atoms with Gasteiger partial charge in [-0.2, -0.15) is 0 Å². The quantitative estimate of drug-likeness (QED) is 0.156. The van der Waals surface area contributed by atoms with Gasteiger partial charge in [0.2, 0.25) is 0 Å². The smallest absolute Gasteiger partial charge is 0.301 e. The van der Waals surface area contributed by atoms with E-state index in [-0.39, 0.29) is 11.3 Å². The number of nitrogens with zero attached hydrogens (tertiary/aromatic N) is 2. The number of aromatic nitrogens is 1. The summed E-state index contributed by atoms with van der Waals surface area (Å²) in [5.74, 6) is -0.601. The van der Waals surface area contributed by atoms with Crippen molar-refractivity contribution in [3.63, 3.8) is 0 Å². The van der Waals surface area contributed by atoms with Gasteiger partial charge in [0.05, 0.1) is 24.8 Å². The van der Waals surface area contributed by atoms with Gasteiger partial charge in [-0.05, 0) is 38.0 Å². The number of ketones is 1. The first kappa shape index (κ1) is 25.4. The van der Waals surface area contributed by atoms with E-state index in [2.05, 4.69) is 11.9 Å². The van der Waals surface area contributed by atoms with Crippen LogP contribution in [0.15, 0.2) is 59.6 Å². The summed E-state index contributed by atoms with van der Waals surface area (Å²) in [5.41, 5.74) is 2.10. The van der Waals surface area contributed by atoms with Crippen molar-refractivity contribution in [1.29, 1.82) is 0 Å². The second kappa shape index (κ2) is 11.4. The van der Waals surface area contributed by atoms with E-state index in [9.17, 15) is 14.7 Å². The van der Waals surface area contributed by atoms with Gasteiger partial charge in [0.25, 0.3) is 5.78 Å². The van der Waals surface area contributed by atoms with Gasteiger partial charge in [-0.25, -0.2) is 4.98 Å². The molecule has 8 heteroatoms. The lowest BCUT2D eigenvalue weighted by Gasteiger charge is -2.24. The van der Waals surface area contributed by atoms with Gasteiger partial charge in [-0.15, -0.1) is 11.3 Å². The number of rotatable bonds is 10. The van der Waals surface area contributed by atoms with Crippen LogP contribution in [-0.4, -0.2) is 35.0 Å². The predicted octanol–water partition coefficient (Wildman–Crippen LogP) is 6.05. The number of ether oxygens (including phenoxy) is 2. The number of benzene rings is 2. The lowest BCUT2D eigenvalue weighted by Crippen LogP contribution is -2.29. The van der Waals surface area contributed by atoms with Crippen LogP contribution in [0.2, 0.25) is 0 Å². The van der Waals surface area contributed by atoms with Crippen LogP contribution in [-0.2, 0) is 9.59 Å². The Labute approximate surface area is 215 Å². The maximum absolute atomic E-state index is 13.3. The minimum Gasteiger partial charge on any atom is -0.507 e. The first-order chi connectivity index (χ1) is 17.5. The average molecular weight is 507 g/mol. The van der Waals surface area contributed by atoms with E-state index in [1.165, 1.54) is 16.2 Å². The van der Waals surface area contributed by atoms with Crippen LogP contribution in [0.4, 0.5) is 5.13 Å². The maximum Gasteiger partial charge on any atom is 0.301 e. The lowest BCUT2D eigenvalue weighted by atomic mass is 9.95. The number of unbranched alkanes of at least 4 members (excludes halogenated alkanes) is 2. The van der Waals surface area contributed by atoms with Crippen LogP contribution in [0.3, 0.4) is 0 Å². The summed E-state index contributed by atoms with van der Waals surface area (Å²) in [6.45, 7) is 6.94. The third-order valence-corrected chi connectivity index (χ3v) is 6.75. The van der Waals surface area contributed by atoms with E-state index in [0.29, 0.717) is 41.0 Å². The average Bonchev–Trinajstić information content (AvgIpc) is 3.49. The molecule has 0 bridgehead atoms. The third-order valence-electron chi connectivity index (χ3n) is 5.98. The Bertz CT molecular complexity index is 1250. The predicted molar refractivity (Wildman–Crippen MR) is 141 cm³/mol. The number of carbonyl (C=O) groups is 2. The minimum atomic E-state index is -0.870. The van der Waals surface area contributed by atoms with Crippen molar-refractivity contribution in [2.75, 3.05) is 18.1 Å². The molecule has 7 nitrogen and oxygen atoms in total. The summed E-state index contributed by atoms with van der Waals surface area (Å²) in [7, 11) is 0. The number of carbonyl (C=O) groups excluding carboxylic acids is 2. The fraction of sp³-hybridized carbons (Fsp3) is 0.321. The molecule has 1 N–H and O–H groups in total. The summed E-state index contributed by atoms with van der Waals surface area (Å²) < 4.78 is 11.8. The molecule has 1 unspecified atom stereocenters. The highest BCUT2D eigenvalue weighted by Crippen LogP contribution is 2.44. The number of aryl methyl sites for hydroxylation is 1. The summed E-state index contributed by atoms with van der Waals surface area (Å²) in [5, 5.41) is 13.4. The minimum absolute atomic E-state index is 0.0121. The van der Waals surface area contributed by atoms with Gasteiger partial charge >= 0.3 is 5.91 Å². The first-order valence-corrected chi connectivity index (χ1v) is 13.0. The van der Waals surface area contributed by atoms with Crippen LogP contribution in [0.5, 0.6) is 11.5 Å². The molecule has 0 radical (unpaired) electrons. The van der Waals surface area contributed by atoms with Crippen molar-refractivity contribution in [2.45, 2.75) is 46.1 Å². The van der Waals surface area contributed by atoms with Crippen LogP contribution < -0.4 is 14.4 Å². The van der Waals surface area contributed by atoms with Crippen LogP contribution in [0, 0.1) is 6.92 Å². The third kappa shape index (κ3) is 5.14. The molecule has 1 aliphatic heterocycles. The van der Waals surface area contributed by atoms with E-state index >= 15 is 0 Å². The summed E-state index contributed by atoms with van der Waals surface area (Å²) in [4.78, 5) is 32.1. The van der Waals surface area contributed by atoms with Gasteiger partial charge in [0.1, 0.15) is 5.76 Å². The summed E-state index contributed by atoms with van der Waals surface area (Å²) in [6.07, 6.45) is 4.68. The van der Waals surface area contributed by atoms with Crippen molar-refractivity contribution < 1.29 is 24.2 Å². The number of amides is 1. The van der Waals surface area contributed by atoms with Crippen LogP contribution >= 0.6 is 11.3 Å². The largest absolute Gasteiger partial charge is 0.507 e. The molecule has 0 aliphatic carbocycles. The van der Waals surface area contributed by atoms with E-state index in [0.717, 1.165) is 24.8 Å².